The minimum atomic E-state index is -4.24. The summed E-state index contributed by atoms with van der Waals surface area (Å²) in [5.41, 5.74) is 0. The Hall–Kier alpha value is -0.780. The van der Waals surface area contributed by atoms with Gasteiger partial charge in [0.1, 0.15) is 6.04 Å². The summed E-state index contributed by atoms with van der Waals surface area (Å²) in [5, 5.41) is 0. The van der Waals surface area contributed by atoms with Crippen molar-refractivity contribution in [1.29, 1.82) is 0 Å². The van der Waals surface area contributed by atoms with Crippen LogP contribution in [-0.2, 0) is 9.53 Å². The Kier molecular flexibility index (Phi) is 2.86. The van der Waals surface area contributed by atoms with Gasteiger partial charge in [-0.3, -0.25) is 9.69 Å². The first-order chi connectivity index (χ1) is 7.45. The van der Waals surface area contributed by atoms with Gasteiger partial charge in [0.05, 0.1) is 13.0 Å². The fourth-order valence-electron chi connectivity index (χ4n) is 2.89. The molecule has 0 bridgehead atoms. The fraction of sp³-hybridized carbons (Fsp3) is 0.900. The second kappa shape index (κ2) is 3.91. The molecule has 16 heavy (non-hydrogen) atoms. The number of methoxy groups -OCH3 is 1. The Bertz CT molecular complexity index is 292. The number of alkyl halides is 3. The van der Waals surface area contributed by atoms with Crippen LogP contribution in [0.5, 0.6) is 0 Å². The number of esters is 1. The molecular weight excluding hydrogens is 223 g/mol. The van der Waals surface area contributed by atoms with Crippen molar-refractivity contribution >= 4 is 5.97 Å². The van der Waals surface area contributed by atoms with Crippen molar-refractivity contribution in [2.45, 2.75) is 37.5 Å². The number of halogens is 3. The molecule has 0 spiro atoms. The third-order valence-corrected chi connectivity index (χ3v) is 3.57. The lowest BCUT2D eigenvalue weighted by Crippen LogP contribution is -2.42. The number of rotatable bonds is 1. The van der Waals surface area contributed by atoms with Gasteiger partial charge >= 0.3 is 12.1 Å². The van der Waals surface area contributed by atoms with Crippen molar-refractivity contribution in [3.8, 4) is 0 Å². The molecule has 0 aliphatic carbocycles. The number of hydrogen-bond donors (Lipinski definition) is 0. The van der Waals surface area contributed by atoms with E-state index in [9.17, 15) is 18.0 Å². The second-order valence-electron chi connectivity index (χ2n) is 4.37. The van der Waals surface area contributed by atoms with Gasteiger partial charge in [0, 0.05) is 6.04 Å². The minimum absolute atomic E-state index is 0.152. The first-order valence-electron chi connectivity index (χ1n) is 5.35. The molecule has 0 amide bonds. The lowest BCUT2D eigenvalue weighted by atomic mass is 9.97. The minimum Gasteiger partial charge on any atom is -0.469 e. The number of nitrogens with zero attached hydrogens (tertiary/aromatic N) is 1. The first-order valence-corrected chi connectivity index (χ1v) is 5.35. The van der Waals surface area contributed by atoms with Gasteiger partial charge in [-0.1, -0.05) is 0 Å². The largest absolute Gasteiger partial charge is 0.469 e. The smallest absolute Gasteiger partial charge is 0.404 e. The Balaban J connectivity index is 2.18. The molecule has 0 unspecified atom stereocenters. The van der Waals surface area contributed by atoms with Crippen LogP contribution in [0, 0.1) is 5.92 Å². The molecule has 3 nitrogen and oxygen atoms in total. The van der Waals surface area contributed by atoms with Crippen LogP contribution < -0.4 is 0 Å². The summed E-state index contributed by atoms with van der Waals surface area (Å²) in [6, 6.07) is -1.75. The number of carbonyl (C=O) groups is 1. The molecule has 2 aliphatic heterocycles. The van der Waals surface area contributed by atoms with E-state index in [4.69, 9.17) is 0 Å². The summed E-state index contributed by atoms with van der Waals surface area (Å²) >= 11 is 0. The van der Waals surface area contributed by atoms with Crippen molar-refractivity contribution in [1.82, 2.24) is 4.90 Å². The summed E-state index contributed by atoms with van der Waals surface area (Å²) in [4.78, 5) is 12.8. The molecule has 0 aromatic heterocycles. The van der Waals surface area contributed by atoms with Gasteiger partial charge in [-0.25, -0.2) is 0 Å². The molecule has 2 rings (SSSR count). The first kappa shape index (κ1) is 11.7. The van der Waals surface area contributed by atoms with Crippen LogP contribution in [0.1, 0.15) is 19.3 Å². The molecule has 6 heteroatoms. The number of hydrogen-bond acceptors (Lipinski definition) is 3. The summed E-state index contributed by atoms with van der Waals surface area (Å²) in [7, 11) is 1.22. The molecule has 2 saturated heterocycles. The van der Waals surface area contributed by atoms with E-state index in [1.54, 1.807) is 0 Å². The van der Waals surface area contributed by atoms with Crippen LogP contribution in [0.25, 0.3) is 0 Å². The zero-order chi connectivity index (χ0) is 11.9. The highest BCUT2D eigenvalue weighted by atomic mass is 19.4. The Labute approximate surface area is 91.5 Å². The summed E-state index contributed by atoms with van der Waals surface area (Å²) in [6.07, 6.45) is -3.01. The fourth-order valence-corrected chi connectivity index (χ4v) is 2.89. The summed E-state index contributed by atoms with van der Waals surface area (Å²) in [6.45, 7) is 0.433. The highest BCUT2D eigenvalue weighted by Crippen LogP contribution is 2.43. The number of carbonyl (C=O) groups excluding carboxylic acids is 1. The molecule has 2 heterocycles. The van der Waals surface area contributed by atoms with Crippen LogP contribution in [0.2, 0.25) is 0 Å². The van der Waals surface area contributed by atoms with E-state index >= 15 is 0 Å². The monoisotopic (exact) mass is 237 g/mol. The third-order valence-electron chi connectivity index (χ3n) is 3.57. The van der Waals surface area contributed by atoms with Crippen molar-refractivity contribution < 1.29 is 22.7 Å². The standard InChI is InChI=1S/C10H14F3NO2/c1-16-9(15)6-5-8(10(11,12)13)14-4-2-3-7(6)14/h6-8H,2-5H2,1H3/t6-,7-,8-/m1/s1. The third kappa shape index (κ3) is 1.79. The predicted molar refractivity (Wildman–Crippen MR) is 49.7 cm³/mol. The van der Waals surface area contributed by atoms with E-state index in [1.165, 1.54) is 12.0 Å². The maximum atomic E-state index is 12.7. The zero-order valence-corrected chi connectivity index (χ0v) is 8.96. The molecule has 2 aliphatic rings. The SMILES string of the molecule is COC(=O)[C@@H]1C[C@H](C(F)(F)F)N2CCC[C@H]12. The second-order valence-corrected chi connectivity index (χ2v) is 4.37. The predicted octanol–water partition coefficient (Wildman–Crippen LogP) is 1.57. The number of fused-ring (bicyclic) bond motifs is 1. The lowest BCUT2D eigenvalue weighted by molar-refractivity contribution is -0.176. The summed E-state index contributed by atoms with van der Waals surface area (Å²) in [5.74, 6) is -1.12. The van der Waals surface area contributed by atoms with Crippen LogP contribution >= 0.6 is 0 Å². The zero-order valence-electron chi connectivity index (χ0n) is 8.96. The van der Waals surface area contributed by atoms with E-state index in [0.717, 1.165) is 6.42 Å². The molecule has 0 aromatic rings. The van der Waals surface area contributed by atoms with Crippen molar-refractivity contribution in [2.75, 3.05) is 13.7 Å². The Morgan fingerprint density at radius 3 is 2.69 bits per heavy atom. The maximum absolute atomic E-state index is 12.7. The molecule has 0 saturated carbocycles. The van der Waals surface area contributed by atoms with Gasteiger partial charge in [-0.15, -0.1) is 0 Å². The molecule has 3 atom stereocenters. The molecule has 0 radical (unpaired) electrons. The van der Waals surface area contributed by atoms with Gasteiger partial charge in [-0.05, 0) is 25.8 Å². The van der Waals surface area contributed by atoms with Crippen LogP contribution in [0.4, 0.5) is 13.2 Å². The van der Waals surface area contributed by atoms with Gasteiger partial charge in [0.15, 0.2) is 0 Å². The quantitative estimate of drug-likeness (QED) is 0.648. The summed E-state index contributed by atoms with van der Waals surface area (Å²) < 4.78 is 42.8. The van der Waals surface area contributed by atoms with Crippen molar-refractivity contribution in [3.05, 3.63) is 0 Å². The van der Waals surface area contributed by atoms with E-state index in [0.29, 0.717) is 13.0 Å². The Morgan fingerprint density at radius 1 is 1.44 bits per heavy atom. The maximum Gasteiger partial charge on any atom is 0.404 e. The van der Waals surface area contributed by atoms with Gasteiger partial charge in [0.25, 0.3) is 0 Å². The average molecular weight is 237 g/mol. The molecule has 0 N–H and O–H groups in total. The van der Waals surface area contributed by atoms with Crippen molar-refractivity contribution in [2.24, 2.45) is 5.92 Å². The van der Waals surface area contributed by atoms with Crippen molar-refractivity contribution in [3.63, 3.8) is 0 Å². The van der Waals surface area contributed by atoms with E-state index in [1.807, 2.05) is 0 Å². The average Bonchev–Trinajstić information content (AvgIpc) is 2.74. The topological polar surface area (TPSA) is 29.5 Å². The van der Waals surface area contributed by atoms with Crippen LogP contribution in [-0.4, -0.2) is 42.8 Å². The van der Waals surface area contributed by atoms with E-state index < -0.39 is 24.1 Å². The van der Waals surface area contributed by atoms with Gasteiger partial charge in [-0.2, -0.15) is 13.2 Å². The number of ether oxygens (including phenoxy) is 1. The molecule has 0 aromatic carbocycles. The van der Waals surface area contributed by atoms with Crippen LogP contribution in [0.15, 0.2) is 0 Å². The van der Waals surface area contributed by atoms with Gasteiger partial charge < -0.3 is 4.74 Å². The highest BCUT2D eigenvalue weighted by molar-refractivity contribution is 5.73. The van der Waals surface area contributed by atoms with Crippen LogP contribution in [0.3, 0.4) is 0 Å². The lowest BCUT2D eigenvalue weighted by Gasteiger charge is -2.25. The normalized spacial score (nSPS) is 35.1. The van der Waals surface area contributed by atoms with E-state index in [2.05, 4.69) is 4.74 Å². The highest BCUT2D eigenvalue weighted by Gasteiger charge is 2.56. The Morgan fingerprint density at radius 2 is 2.12 bits per heavy atom. The van der Waals surface area contributed by atoms with Gasteiger partial charge in [0.2, 0.25) is 0 Å². The molecule has 92 valence electrons. The molecule has 2 fully saturated rings. The van der Waals surface area contributed by atoms with E-state index in [-0.39, 0.29) is 12.5 Å². The molecular formula is C10H14F3NO2.